The zero-order valence-corrected chi connectivity index (χ0v) is 12.8. The van der Waals surface area contributed by atoms with E-state index in [2.05, 4.69) is 15.5 Å². The summed E-state index contributed by atoms with van der Waals surface area (Å²) >= 11 is 0. The van der Waals surface area contributed by atoms with Gasteiger partial charge in [-0.3, -0.25) is 9.89 Å². The van der Waals surface area contributed by atoms with Crippen LogP contribution in [-0.2, 0) is 16.4 Å². The molecule has 2 saturated carbocycles. The summed E-state index contributed by atoms with van der Waals surface area (Å²) in [6.45, 7) is 2.37. The minimum Gasteiger partial charge on any atom is -0.350 e. The fourth-order valence-electron chi connectivity index (χ4n) is 2.99. The molecule has 2 aliphatic rings. The lowest BCUT2D eigenvalue weighted by Crippen LogP contribution is -2.32. The van der Waals surface area contributed by atoms with E-state index in [9.17, 15) is 13.2 Å². The Morgan fingerprint density at radius 2 is 2.14 bits per heavy atom. The van der Waals surface area contributed by atoms with Gasteiger partial charge in [0, 0.05) is 6.54 Å². The first-order chi connectivity index (χ1) is 9.87. The summed E-state index contributed by atoms with van der Waals surface area (Å²) in [4.78, 5) is 12.1. The average molecular weight is 312 g/mol. The van der Waals surface area contributed by atoms with Gasteiger partial charge in [-0.1, -0.05) is 6.92 Å². The van der Waals surface area contributed by atoms with E-state index in [1.54, 1.807) is 6.92 Å². The first-order valence-electron chi connectivity index (χ1n) is 7.25. The van der Waals surface area contributed by atoms with Crippen molar-refractivity contribution >= 4 is 15.9 Å². The van der Waals surface area contributed by atoms with Crippen LogP contribution in [0.5, 0.6) is 0 Å². The number of H-pyrrole nitrogens is 1. The van der Waals surface area contributed by atoms with Gasteiger partial charge in [0.1, 0.15) is 4.90 Å². The standard InChI is InChI=1S/C13H20N4O3S/c1-2-9-11(21(14,19)20)10(17-16-9)12(18)15-7-13(5-6-13)8-3-4-8/h8H,2-7H2,1H3,(H,15,18)(H,16,17)(H2,14,19,20). The van der Waals surface area contributed by atoms with Crippen molar-refractivity contribution < 1.29 is 13.2 Å². The quantitative estimate of drug-likeness (QED) is 0.710. The van der Waals surface area contributed by atoms with E-state index in [1.807, 2.05) is 0 Å². The number of rotatable bonds is 6. The van der Waals surface area contributed by atoms with Gasteiger partial charge in [-0.2, -0.15) is 5.10 Å². The summed E-state index contributed by atoms with van der Waals surface area (Å²) in [6.07, 6.45) is 5.17. The molecule has 21 heavy (non-hydrogen) atoms. The molecule has 7 nitrogen and oxygen atoms in total. The third-order valence-corrected chi connectivity index (χ3v) is 5.59. The van der Waals surface area contributed by atoms with E-state index in [4.69, 9.17) is 5.14 Å². The first kappa shape index (κ1) is 14.5. The molecule has 3 rings (SSSR count). The molecule has 0 atom stereocenters. The topological polar surface area (TPSA) is 118 Å². The summed E-state index contributed by atoms with van der Waals surface area (Å²) in [5, 5.41) is 14.5. The number of primary sulfonamides is 1. The molecule has 2 aliphatic carbocycles. The maximum atomic E-state index is 12.2. The molecule has 0 saturated heterocycles. The van der Waals surface area contributed by atoms with Gasteiger partial charge < -0.3 is 5.32 Å². The number of nitrogens with two attached hydrogens (primary N) is 1. The second-order valence-corrected chi connectivity index (χ2v) is 7.60. The minimum atomic E-state index is -3.97. The largest absolute Gasteiger partial charge is 0.350 e. The summed E-state index contributed by atoms with van der Waals surface area (Å²) in [7, 11) is -3.97. The molecule has 116 valence electrons. The fraction of sp³-hybridized carbons (Fsp3) is 0.692. The summed E-state index contributed by atoms with van der Waals surface area (Å²) in [5.41, 5.74) is 0.494. The number of hydrogen-bond donors (Lipinski definition) is 3. The van der Waals surface area contributed by atoms with Gasteiger partial charge in [0.2, 0.25) is 10.0 Å². The maximum Gasteiger partial charge on any atom is 0.273 e. The summed E-state index contributed by atoms with van der Waals surface area (Å²) in [5.74, 6) is 0.253. The fourth-order valence-corrected chi connectivity index (χ4v) is 3.93. The first-order valence-corrected chi connectivity index (χ1v) is 8.80. The van der Waals surface area contributed by atoms with Gasteiger partial charge in [0.15, 0.2) is 5.69 Å². The van der Waals surface area contributed by atoms with Crippen molar-refractivity contribution in [2.75, 3.05) is 6.54 Å². The lowest BCUT2D eigenvalue weighted by Gasteiger charge is -2.14. The molecule has 0 radical (unpaired) electrons. The van der Waals surface area contributed by atoms with Crippen molar-refractivity contribution in [2.45, 2.75) is 43.9 Å². The van der Waals surface area contributed by atoms with E-state index in [0.29, 0.717) is 18.7 Å². The Balaban J connectivity index is 1.77. The number of nitrogens with one attached hydrogen (secondary N) is 2. The molecular formula is C13H20N4O3S. The normalized spacial score (nSPS) is 20.3. The number of amides is 1. The number of sulfonamides is 1. The zero-order chi connectivity index (χ0) is 15.3. The van der Waals surface area contributed by atoms with E-state index in [0.717, 1.165) is 18.8 Å². The molecule has 1 aromatic rings. The predicted molar refractivity (Wildman–Crippen MR) is 76.1 cm³/mol. The van der Waals surface area contributed by atoms with Crippen molar-refractivity contribution in [1.82, 2.24) is 15.5 Å². The SMILES string of the molecule is CCc1[nH]nc(C(=O)NCC2(C3CC3)CC2)c1S(N)(=O)=O. The van der Waals surface area contributed by atoms with Crippen LogP contribution in [0.2, 0.25) is 0 Å². The van der Waals surface area contributed by atoms with E-state index in [-0.39, 0.29) is 16.0 Å². The van der Waals surface area contributed by atoms with Crippen LogP contribution in [0.1, 0.15) is 48.8 Å². The van der Waals surface area contributed by atoms with Crippen molar-refractivity contribution in [3.05, 3.63) is 11.4 Å². The van der Waals surface area contributed by atoms with E-state index < -0.39 is 15.9 Å². The van der Waals surface area contributed by atoms with Gasteiger partial charge >= 0.3 is 0 Å². The number of hydrogen-bond acceptors (Lipinski definition) is 4. The molecule has 2 fully saturated rings. The highest BCUT2D eigenvalue weighted by Gasteiger charge is 2.53. The Hall–Kier alpha value is -1.41. The number of carbonyl (C=O) groups excluding carboxylic acids is 1. The average Bonchev–Trinajstić information content (AvgIpc) is 3.31. The van der Waals surface area contributed by atoms with E-state index >= 15 is 0 Å². The molecule has 0 aromatic carbocycles. The van der Waals surface area contributed by atoms with Crippen molar-refractivity contribution in [3.8, 4) is 0 Å². The molecule has 1 aromatic heterocycles. The van der Waals surface area contributed by atoms with Crippen LogP contribution < -0.4 is 10.5 Å². The predicted octanol–water partition coefficient (Wildman–Crippen LogP) is 0.539. The van der Waals surface area contributed by atoms with Crippen LogP contribution in [0.15, 0.2) is 4.90 Å². The van der Waals surface area contributed by atoms with Gasteiger partial charge in [-0.25, -0.2) is 13.6 Å². The number of aryl methyl sites for hydroxylation is 1. The summed E-state index contributed by atoms with van der Waals surface area (Å²) < 4.78 is 23.3. The third-order valence-electron chi connectivity index (χ3n) is 4.58. The Labute approximate surface area is 123 Å². The highest BCUT2D eigenvalue weighted by Crippen LogP contribution is 2.60. The minimum absolute atomic E-state index is 0.124. The zero-order valence-electron chi connectivity index (χ0n) is 12.0. The lowest BCUT2D eigenvalue weighted by atomic mass is 10.0. The molecule has 4 N–H and O–H groups in total. The van der Waals surface area contributed by atoms with E-state index in [1.165, 1.54) is 12.8 Å². The highest BCUT2D eigenvalue weighted by molar-refractivity contribution is 7.89. The molecule has 0 unspecified atom stereocenters. The molecular weight excluding hydrogens is 292 g/mol. The molecule has 8 heteroatoms. The number of nitrogens with zero attached hydrogens (tertiary/aromatic N) is 1. The second-order valence-electron chi connectivity index (χ2n) is 6.10. The second kappa shape index (κ2) is 4.81. The Bertz CT molecular complexity index is 672. The van der Waals surface area contributed by atoms with Crippen molar-refractivity contribution in [3.63, 3.8) is 0 Å². The van der Waals surface area contributed by atoms with Gasteiger partial charge in [-0.05, 0) is 43.4 Å². The molecule has 0 spiro atoms. The van der Waals surface area contributed by atoms with Gasteiger partial charge in [0.25, 0.3) is 5.91 Å². The van der Waals surface area contributed by atoms with Crippen LogP contribution in [0.25, 0.3) is 0 Å². The smallest absolute Gasteiger partial charge is 0.273 e. The number of aromatic nitrogens is 2. The molecule has 1 amide bonds. The molecule has 0 bridgehead atoms. The Morgan fingerprint density at radius 1 is 1.48 bits per heavy atom. The monoisotopic (exact) mass is 312 g/mol. The Morgan fingerprint density at radius 3 is 2.62 bits per heavy atom. The maximum absolute atomic E-state index is 12.2. The van der Waals surface area contributed by atoms with Crippen LogP contribution in [0, 0.1) is 11.3 Å². The van der Waals surface area contributed by atoms with Crippen LogP contribution in [0.3, 0.4) is 0 Å². The van der Waals surface area contributed by atoms with Gasteiger partial charge in [-0.15, -0.1) is 0 Å². The summed E-state index contributed by atoms with van der Waals surface area (Å²) in [6, 6.07) is 0. The number of carbonyl (C=O) groups is 1. The van der Waals surface area contributed by atoms with Crippen LogP contribution >= 0.6 is 0 Å². The molecule has 0 aliphatic heterocycles. The number of aromatic amines is 1. The van der Waals surface area contributed by atoms with Crippen LogP contribution in [-0.4, -0.2) is 31.1 Å². The van der Waals surface area contributed by atoms with Crippen molar-refractivity contribution in [1.29, 1.82) is 0 Å². The van der Waals surface area contributed by atoms with Crippen LogP contribution in [0.4, 0.5) is 0 Å². The highest BCUT2D eigenvalue weighted by atomic mass is 32.2. The third kappa shape index (κ3) is 2.69. The lowest BCUT2D eigenvalue weighted by molar-refractivity contribution is 0.0934. The Kier molecular flexibility index (Phi) is 3.32. The van der Waals surface area contributed by atoms with Crippen molar-refractivity contribution in [2.24, 2.45) is 16.5 Å². The van der Waals surface area contributed by atoms with Gasteiger partial charge in [0.05, 0.1) is 5.69 Å². The molecule has 1 heterocycles.